The maximum atomic E-state index is 12.6. The van der Waals surface area contributed by atoms with Crippen molar-refractivity contribution >= 4 is 23.7 Å². The second-order valence-corrected chi connectivity index (χ2v) is 7.00. The number of aliphatic carboxylic acids is 1. The molecule has 2 aromatic rings. The van der Waals surface area contributed by atoms with Gasteiger partial charge >= 0.3 is 5.97 Å². The highest BCUT2D eigenvalue weighted by Crippen LogP contribution is 2.04. The zero-order chi connectivity index (χ0) is 23.5. The Balaban J connectivity index is 1.96. The Kier molecular flexibility index (Phi) is 9.32. The number of aromatic amines is 1. The average molecular weight is 446 g/mol. The Labute approximate surface area is 183 Å². The second kappa shape index (κ2) is 12.2. The molecule has 3 amide bonds. The molecule has 172 valence electrons. The number of H-pyrrole nitrogens is 1. The summed E-state index contributed by atoms with van der Waals surface area (Å²) in [7, 11) is 0. The highest BCUT2D eigenvalue weighted by molar-refractivity contribution is 5.92. The lowest BCUT2D eigenvalue weighted by atomic mass is 10.0. The molecule has 32 heavy (non-hydrogen) atoms. The van der Waals surface area contributed by atoms with Crippen LogP contribution in [0.2, 0.25) is 0 Å². The van der Waals surface area contributed by atoms with Crippen LogP contribution in [0.4, 0.5) is 0 Å². The van der Waals surface area contributed by atoms with Crippen molar-refractivity contribution in [2.45, 2.75) is 31.0 Å². The molecule has 0 spiro atoms. The van der Waals surface area contributed by atoms with Crippen LogP contribution in [0.3, 0.4) is 0 Å². The van der Waals surface area contributed by atoms with E-state index in [4.69, 9.17) is 10.8 Å². The number of nitrogens with zero attached hydrogens (tertiary/aromatic N) is 1. The first-order valence-corrected chi connectivity index (χ1v) is 9.78. The van der Waals surface area contributed by atoms with Gasteiger partial charge in [0.2, 0.25) is 17.7 Å². The largest absolute Gasteiger partial charge is 0.480 e. The molecule has 12 nitrogen and oxygen atoms in total. The van der Waals surface area contributed by atoms with Gasteiger partial charge in [0, 0.05) is 24.7 Å². The fraction of sp³-hybridized carbons (Fsp3) is 0.350. The van der Waals surface area contributed by atoms with Crippen molar-refractivity contribution in [2.24, 2.45) is 5.73 Å². The molecule has 0 aliphatic rings. The van der Waals surface area contributed by atoms with Crippen LogP contribution < -0.4 is 21.7 Å². The number of amides is 3. The molecule has 0 fully saturated rings. The SMILES string of the molecule is NC(CO)C(=O)NC(Cc1ccccc1)C(=O)NCC(=O)NC(Cc1cnc[nH]1)C(=O)O. The van der Waals surface area contributed by atoms with Crippen molar-refractivity contribution in [3.63, 3.8) is 0 Å². The van der Waals surface area contributed by atoms with E-state index >= 15 is 0 Å². The molecule has 0 radical (unpaired) electrons. The molecule has 0 aliphatic heterocycles. The van der Waals surface area contributed by atoms with Gasteiger partial charge in [0.25, 0.3) is 0 Å². The van der Waals surface area contributed by atoms with Crippen molar-refractivity contribution in [1.29, 1.82) is 0 Å². The fourth-order valence-electron chi connectivity index (χ4n) is 2.77. The molecule has 12 heteroatoms. The number of imidazole rings is 1. The third-order valence-electron chi connectivity index (χ3n) is 4.48. The molecule has 2 rings (SSSR count). The summed E-state index contributed by atoms with van der Waals surface area (Å²) in [6, 6.07) is 5.37. The van der Waals surface area contributed by atoms with Gasteiger partial charge in [0.1, 0.15) is 18.1 Å². The summed E-state index contributed by atoms with van der Waals surface area (Å²) in [4.78, 5) is 54.8. The van der Waals surface area contributed by atoms with E-state index in [-0.39, 0.29) is 12.8 Å². The van der Waals surface area contributed by atoms with E-state index < -0.39 is 55.0 Å². The summed E-state index contributed by atoms with van der Waals surface area (Å²) in [5.41, 5.74) is 6.77. The zero-order valence-electron chi connectivity index (χ0n) is 17.2. The van der Waals surface area contributed by atoms with Crippen molar-refractivity contribution in [3.05, 3.63) is 54.1 Å². The minimum absolute atomic E-state index is 0.0131. The molecule has 3 unspecified atom stereocenters. The van der Waals surface area contributed by atoms with Gasteiger partial charge in [-0.2, -0.15) is 0 Å². The van der Waals surface area contributed by atoms with Crippen LogP contribution in [0.1, 0.15) is 11.3 Å². The third-order valence-corrected chi connectivity index (χ3v) is 4.48. The molecule has 1 aromatic heterocycles. The van der Waals surface area contributed by atoms with E-state index in [9.17, 15) is 24.3 Å². The molecule has 8 N–H and O–H groups in total. The van der Waals surface area contributed by atoms with E-state index in [2.05, 4.69) is 25.9 Å². The van der Waals surface area contributed by atoms with Gasteiger partial charge in [0.15, 0.2) is 0 Å². The number of rotatable bonds is 12. The summed E-state index contributed by atoms with van der Waals surface area (Å²) in [6.45, 7) is -1.10. The Morgan fingerprint density at radius 3 is 2.34 bits per heavy atom. The van der Waals surface area contributed by atoms with E-state index in [0.29, 0.717) is 5.69 Å². The molecule has 1 heterocycles. The number of aromatic nitrogens is 2. The fourth-order valence-corrected chi connectivity index (χ4v) is 2.77. The van der Waals surface area contributed by atoms with Crippen molar-refractivity contribution in [1.82, 2.24) is 25.9 Å². The van der Waals surface area contributed by atoms with E-state index in [0.717, 1.165) is 5.56 Å². The predicted octanol–water partition coefficient (Wildman–Crippen LogP) is -2.32. The van der Waals surface area contributed by atoms with Crippen LogP contribution in [-0.4, -0.2) is 75.1 Å². The van der Waals surface area contributed by atoms with Gasteiger partial charge in [-0.25, -0.2) is 9.78 Å². The normalized spacial score (nSPS) is 13.4. The molecule has 0 saturated heterocycles. The van der Waals surface area contributed by atoms with Gasteiger partial charge in [0.05, 0.1) is 19.5 Å². The number of carbonyl (C=O) groups is 4. The Hall–Kier alpha value is -3.77. The number of hydrogen-bond donors (Lipinski definition) is 7. The van der Waals surface area contributed by atoms with Crippen LogP contribution in [0, 0.1) is 0 Å². The van der Waals surface area contributed by atoms with Gasteiger partial charge in [-0.05, 0) is 5.56 Å². The highest BCUT2D eigenvalue weighted by Gasteiger charge is 2.25. The molecular weight excluding hydrogens is 420 g/mol. The van der Waals surface area contributed by atoms with Crippen molar-refractivity contribution in [2.75, 3.05) is 13.2 Å². The number of benzene rings is 1. The van der Waals surface area contributed by atoms with E-state index in [1.54, 1.807) is 30.3 Å². The summed E-state index contributed by atoms with van der Waals surface area (Å²) in [5.74, 6) is -3.35. The Morgan fingerprint density at radius 1 is 1.03 bits per heavy atom. The average Bonchev–Trinajstić information content (AvgIpc) is 3.29. The first kappa shape index (κ1) is 24.5. The van der Waals surface area contributed by atoms with Crippen LogP contribution in [0.5, 0.6) is 0 Å². The van der Waals surface area contributed by atoms with Crippen LogP contribution in [0.25, 0.3) is 0 Å². The standard InChI is InChI=1S/C20H26N6O6/c21-14(10-27)18(29)26-15(6-12-4-2-1-3-5-12)19(30)23-9-17(28)25-16(20(31)32)7-13-8-22-11-24-13/h1-5,8,11,14-16,27H,6-7,9-10,21H2,(H,22,24)(H,23,30)(H,25,28)(H,26,29)(H,31,32). The number of hydrogen-bond acceptors (Lipinski definition) is 7. The van der Waals surface area contributed by atoms with Gasteiger partial charge in [-0.1, -0.05) is 30.3 Å². The number of nitrogens with two attached hydrogens (primary N) is 1. The number of carbonyl (C=O) groups excluding carboxylic acids is 3. The summed E-state index contributed by atoms with van der Waals surface area (Å²) < 4.78 is 0. The van der Waals surface area contributed by atoms with Crippen LogP contribution in [0.15, 0.2) is 42.9 Å². The molecule has 3 atom stereocenters. The maximum Gasteiger partial charge on any atom is 0.326 e. The number of carboxylic acids is 1. The number of carboxylic acid groups (broad SMARTS) is 1. The predicted molar refractivity (Wildman–Crippen MR) is 112 cm³/mol. The highest BCUT2D eigenvalue weighted by atomic mass is 16.4. The monoisotopic (exact) mass is 446 g/mol. The zero-order valence-corrected chi connectivity index (χ0v) is 17.2. The van der Waals surface area contributed by atoms with E-state index in [1.807, 2.05) is 0 Å². The lowest BCUT2D eigenvalue weighted by molar-refractivity contribution is -0.141. The third kappa shape index (κ3) is 7.81. The summed E-state index contributed by atoms with van der Waals surface area (Å²) in [6.07, 6.45) is 2.94. The minimum atomic E-state index is -1.24. The maximum absolute atomic E-state index is 12.6. The lowest BCUT2D eigenvalue weighted by Crippen LogP contribution is -2.55. The van der Waals surface area contributed by atoms with E-state index in [1.165, 1.54) is 12.5 Å². The Morgan fingerprint density at radius 2 is 1.75 bits per heavy atom. The quantitative estimate of drug-likeness (QED) is 0.188. The number of aliphatic hydroxyl groups excluding tert-OH is 1. The first-order chi connectivity index (χ1) is 15.3. The second-order valence-electron chi connectivity index (χ2n) is 7.00. The van der Waals surface area contributed by atoms with Gasteiger partial charge in [-0.3, -0.25) is 14.4 Å². The lowest BCUT2D eigenvalue weighted by Gasteiger charge is -2.20. The summed E-state index contributed by atoms with van der Waals surface area (Å²) in [5, 5.41) is 25.5. The molecular formula is C20H26N6O6. The topological polar surface area (TPSA) is 200 Å². The first-order valence-electron chi connectivity index (χ1n) is 9.78. The van der Waals surface area contributed by atoms with Crippen LogP contribution >= 0.6 is 0 Å². The minimum Gasteiger partial charge on any atom is -0.480 e. The molecule has 1 aromatic carbocycles. The molecule has 0 aliphatic carbocycles. The number of nitrogens with one attached hydrogen (secondary N) is 4. The van der Waals surface area contributed by atoms with Crippen molar-refractivity contribution in [3.8, 4) is 0 Å². The van der Waals surface area contributed by atoms with Gasteiger partial charge < -0.3 is 36.9 Å². The van der Waals surface area contributed by atoms with Crippen LogP contribution in [-0.2, 0) is 32.0 Å². The smallest absolute Gasteiger partial charge is 0.326 e. The van der Waals surface area contributed by atoms with Gasteiger partial charge in [-0.15, -0.1) is 0 Å². The van der Waals surface area contributed by atoms with Crippen molar-refractivity contribution < 1.29 is 29.4 Å². The Bertz CT molecular complexity index is 905. The summed E-state index contributed by atoms with van der Waals surface area (Å²) >= 11 is 0. The molecule has 0 saturated carbocycles. The molecule has 0 bridgehead atoms. The number of aliphatic hydroxyl groups is 1.